The van der Waals surface area contributed by atoms with Crippen molar-refractivity contribution < 1.29 is 9.53 Å². The van der Waals surface area contributed by atoms with E-state index in [0.717, 1.165) is 18.7 Å². The Labute approximate surface area is 145 Å². The fourth-order valence-corrected chi connectivity index (χ4v) is 2.76. The summed E-state index contributed by atoms with van der Waals surface area (Å²) in [6.45, 7) is 1.11. The van der Waals surface area contributed by atoms with Gasteiger partial charge in [-0.05, 0) is 25.0 Å². The molecule has 1 N–H and O–H groups in total. The van der Waals surface area contributed by atoms with Crippen LogP contribution < -0.4 is 15.2 Å². The van der Waals surface area contributed by atoms with E-state index < -0.39 is 0 Å². The number of amides is 1. The maximum atomic E-state index is 12.6. The molecule has 0 saturated carbocycles. The second kappa shape index (κ2) is 7.33. The molecule has 3 heterocycles. The Morgan fingerprint density at radius 1 is 1.32 bits per heavy atom. The van der Waals surface area contributed by atoms with E-state index in [1.807, 2.05) is 25.1 Å². The first-order valence-corrected chi connectivity index (χ1v) is 8.18. The number of H-pyrrole nitrogens is 1. The Kier molecular flexibility index (Phi) is 4.97. The number of aromatic nitrogens is 3. The van der Waals surface area contributed by atoms with Crippen molar-refractivity contribution in [3.63, 3.8) is 0 Å². The molecular weight excluding hydrogens is 322 g/mol. The number of aromatic amines is 1. The van der Waals surface area contributed by atoms with Gasteiger partial charge < -0.3 is 19.5 Å². The van der Waals surface area contributed by atoms with E-state index in [2.05, 4.69) is 15.2 Å². The third kappa shape index (κ3) is 4.14. The zero-order valence-electron chi connectivity index (χ0n) is 14.3. The predicted molar refractivity (Wildman–Crippen MR) is 93.0 cm³/mol. The van der Waals surface area contributed by atoms with E-state index in [-0.39, 0.29) is 17.6 Å². The molecular formula is C17H21N5O3. The highest BCUT2D eigenvalue weighted by Gasteiger charge is 2.26. The summed E-state index contributed by atoms with van der Waals surface area (Å²) >= 11 is 0. The number of nitrogens with one attached hydrogen (secondary N) is 1. The number of likely N-dealkylation sites (tertiary alicyclic amines) is 1. The van der Waals surface area contributed by atoms with Gasteiger partial charge in [0.25, 0.3) is 5.91 Å². The van der Waals surface area contributed by atoms with Crippen LogP contribution in [-0.2, 0) is 0 Å². The largest absolute Gasteiger partial charge is 0.471 e. The van der Waals surface area contributed by atoms with Crippen molar-refractivity contribution in [3.05, 3.63) is 46.4 Å². The van der Waals surface area contributed by atoms with E-state index in [1.54, 1.807) is 17.0 Å². The summed E-state index contributed by atoms with van der Waals surface area (Å²) in [6.07, 6.45) is 3.02. The van der Waals surface area contributed by atoms with Gasteiger partial charge in [0.15, 0.2) is 5.82 Å². The molecule has 1 unspecified atom stereocenters. The first-order valence-electron chi connectivity index (χ1n) is 8.18. The minimum Gasteiger partial charge on any atom is -0.471 e. The van der Waals surface area contributed by atoms with Crippen LogP contribution in [0, 0.1) is 0 Å². The van der Waals surface area contributed by atoms with E-state index >= 15 is 0 Å². The summed E-state index contributed by atoms with van der Waals surface area (Å²) in [5, 5.41) is 8.16. The predicted octanol–water partition coefficient (Wildman–Crippen LogP) is 0.914. The number of rotatable bonds is 4. The lowest BCUT2D eigenvalue weighted by Crippen LogP contribution is -2.44. The first kappa shape index (κ1) is 16.9. The van der Waals surface area contributed by atoms with Gasteiger partial charge in [0.1, 0.15) is 6.10 Å². The SMILES string of the molecule is CN(C)c1ccc(OC2CCCN(C(=O)c3cc[nH]c(=O)c3)C2)nn1. The number of carbonyl (C=O) groups is 1. The third-order valence-electron chi connectivity index (χ3n) is 4.06. The second-order valence-corrected chi connectivity index (χ2v) is 6.20. The van der Waals surface area contributed by atoms with Crippen LogP contribution in [0.4, 0.5) is 5.82 Å². The Balaban J connectivity index is 1.64. The van der Waals surface area contributed by atoms with E-state index in [0.29, 0.717) is 24.5 Å². The van der Waals surface area contributed by atoms with Crippen molar-refractivity contribution in [2.45, 2.75) is 18.9 Å². The van der Waals surface area contributed by atoms with Gasteiger partial charge in [-0.15, -0.1) is 10.2 Å². The van der Waals surface area contributed by atoms with Gasteiger partial charge in [-0.1, -0.05) is 0 Å². The van der Waals surface area contributed by atoms with Gasteiger partial charge in [-0.25, -0.2) is 0 Å². The number of nitrogens with zero attached hydrogens (tertiary/aromatic N) is 4. The van der Waals surface area contributed by atoms with Crippen LogP contribution in [0.25, 0.3) is 0 Å². The minimum absolute atomic E-state index is 0.140. The minimum atomic E-state index is -0.285. The fourth-order valence-electron chi connectivity index (χ4n) is 2.76. The number of carbonyl (C=O) groups excluding carboxylic acids is 1. The molecule has 0 aromatic carbocycles. The molecule has 2 aromatic rings. The van der Waals surface area contributed by atoms with Crippen molar-refractivity contribution in [3.8, 4) is 5.88 Å². The molecule has 3 rings (SSSR count). The molecule has 1 aliphatic rings. The number of hydrogen-bond acceptors (Lipinski definition) is 6. The first-order chi connectivity index (χ1) is 12.0. The van der Waals surface area contributed by atoms with Crippen LogP contribution in [0.2, 0.25) is 0 Å². The Hall–Kier alpha value is -2.90. The summed E-state index contributed by atoms with van der Waals surface area (Å²) in [5.41, 5.74) is 0.103. The average molecular weight is 343 g/mol. The van der Waals surface area contributed by atoms with Crippen LogP contribution in [0.3, 0.4) is 0 Å². The van der Waals surface area contributed by atoms with Gasteiger partial charge >= 0.3 is 0 Å². The lowest BCUT2D eigenvalue weighted by Gasteiger charge is -2.32. The highest BCUT2D eigenvalue weighted by molar-refractivity contribution is 5.94. The normalized spacial score (nSPS) is 17.2. The summed E-state index contributed by atoms with van der Waals surface area (Å²) < 4.78 is 5.88. The molecule has 0 radical (unpaired) electrons. The van der Waals surface area contributed by atoms with Gasteiger partial charge in [0.05, 0.1) is 6.54 Å². The summed E-state index contributed by atoms with van der Waals surface area (Å²) in [7, 11) is 3.79. The summed E-state index contributed by atoms with van der Waals surface area (Å²) in [4.78, 5) is 30.0. The van der Waals surface area contributed by atoms with Gasteiger partial charge in [0, 0.05) is 44.5 Å². The molecule has 8 nitrogen and oxygen atoms in total. The van der Waals surface area contributed by atoms with E-state index in [9.17, 15) is 9.59 Å². The Morgan fingerprint density at radius 3 is 2.84 bits per heavy atom. The van der Waals surface area contributed by atoms with Crippen LogP contribution in [0.5, 0.6) is 5.88 Å². The van der Waals surface area contributed by atoms with Crippen molar-refractivity contribution in [1.29, 1.82) is 0 Å². The van der Waals surface area contributed by atoms with Crippen LogP contribution >= 0.6 is 0 Å². The van der Waals surface area contributed by atoms with Gasteiger partial charge in [-0.2, -0.15) is 0 Å². The zero-order valence-corrected chi connectivity index (χ0v) is 14.3. The van der Waals surface area contributed by atoms with Crippen molar-refractivity contribution >= 4 is 11.7 Å². The molecule has 1 amide bonds. The van der Waals surface area contributed by atoms with E-state index in [1.165, 1.54) is 12.3 Å². The maximum absolute atomic E-state index is 12.6. The van der Waals surface area contributed by atoms with Crippen molar-refractivity contribution in [2.75, 3.05) is 32.1 Å². The molecule has 1 aliphatic heterocycles. The second-order valence-electron chi connectivity index (χ2n) is 6.20. The lowest BCUT2D eigenvalue weighted by atomic mass is 10.1. The van der Waals surface area contributed by atoms with Gasteiger partial charge in [0.2, 0.25) is 11.4 Å². The molecule has 0 spiro atoms. The number of piperidine rings is 1. The molecule has 8 heteroatoms. The maximum Gasteiger partial charge on any atom is 0.254 e. The van der Waals surface area contributed by atoms with Gasteiger partial charge in [-0.3, -0.25) is 9.59 Å². The number of pyridine rings is 1. The zero-order chi connectivity index (χ0) is 17.8. The quantitative estimate of drug-likeness (QED) is 0.887. The molecule has 2 aromatic heterocycles. The fraction of sp³-hybridized carbons (Fsp3) is 0.412. The molecule has 132 valence electrons. The Bertz CT molecular complexity index is 787. The molecule has 25 heavy (non-hydrogen) atoms. The number of anilines is 1. The van der Waals surface area contributed by atoms with Crippen molar-refractivity contribution in [2.24, 2.45) is 0 Å². The standard InChI is InChI=1S/C17H21N5O3/c1-21(2)14-5-6-16(20-19-14)25-13-4-3-9-22(11-13)17(24)12-7-8-18-15(23)10-12/h5-8,10,13H,3-4,9,11H2,1-2H3,(H,18,23). The molecule has 1 fully saturated rings. The molecule has 1 atom stereocenters. The monoisotopic (exact) mass is 343 g/mol. The third-order valence-corrected chi connectivity index (χ3v) is 4.06. The highest BCUT2D eigenvalue weighted by atomic mass is 16.5. The van der Waals surface area contributed by atoms with Crippen molar-refractivity contribution in [1.82, 2.24) is 20.1 Å². The summed E-state index contributed by atoms with van der Waals surface area (Å²) in [5.74, 6) is 1.04. The smallest absolute Gasteiger partial charge is 0.254 e. The number of ether oxygens (including phenoxy) is 1. The summed E-state index contributed by atoms with van der Waals surface area (Å²) in [6, 6.07) is 6.54. The molecule has 0 aliphatic carbocycles. The lowest BCUT2D eigenvalue weighted by molar-refractivity contribution is 0.0525. The van der Waals surface area contributed by atoms with Crippen LogP contribution in [-0.4, -0.2) is 59.3 Å². The van der Waals surface area contributed by atoms with E-state index in [4.69, 9.17) is 4.74 Å². The Morgan fingerprint density at radius 2 is 2.16 bits per heavy atom. The topological polar surface area (TPSA) is 91.4 Å². The van der Waals surface area contributed by atoms with Crippen LogP contribution in [0.1, 0.15) is 23.2 Å². The molecule has 0 bridgehead atoms. The average Bonchev–Trinajstić information content (AvgIpc) is 2.62. The van der Waals surface area contributed by atoms with Crippen LogP contribution in [0.15, 0.2) is 35.3 Å². The molecule has 1 saturated heterocycles. The number of hydrogen-bond donors (Lipinski definition) is 1. The highest BCUT2D eigenvalue weighted by Crippen LogP contribution is 2.19.